The molecule has 1 fully saturated rings. The molecule has 0 aromatic heterocycles. The van der Waals surface area contributed by atoms with Crippen molar-refractivity contribution >= 4 is 0 Å². The molecular weight excluding hydrogens is 252 g/mol. The molecule has 3 nitrogen and oxygen atoms in total. The zero-order chi connectivity index (χ0) is 13.9. The Morgan fingerprint density at radius 2 is 1.50 bits per heavy atom. The van der Waals surface area contributed by atoms with Crippen LogP contribution in [0.4, 0.5) is 0 Å². The molecule has 0 radical (unpaired) electrons. The lowest BCUT2D eigenvalue weighted by molar-refractivity contribution is 0.171. The highest BCUT2D eigenvalue weighted by molar-refractivity contribution is 5.64. The smallest absolute Gasteiger partial charge is 0.118 e. The van der Waals surface area contributed by atoms with Gasteiger partial charge in [0.25, 0.3) is 0 Å². The Balaban J connectivity index is 1.72. The van der Waals surface area contributed by atoms with Crippen LogP contribution >= 0.6 is 0 Å². The Hall–Kier alpha value is -1.84. The van der Waals surface area contributed by atoms with E-state index in [1.54, 1.807) is 14.2 Å². The first-order valence-corrected chi connectivity index (χ1v) is 6.70. The number of hydrogen-bond acceptors (Lipinski definition) is 3. The predicted molar refractivity (Wildman–Crippen MR) is 77.9 cm³/mol. The van der Waals surface area contributed by atoms with Crippen LogP contribution in [0, 0.1) is 0 Å². The fraction of sp³-hybridized carbons (Fsp3) is 0.294. The monoisotopic (exact) mass is 270 g/mol. The number of hydrogen-bond donors (Lipinski definition) is 0. The van der Waals surface area contributed by atoms with Crippen LogP contribution in [0.3, 0.4) is 0 Å². The van der Waals surface area contributed by atoms with Crippen LogP contribution in [0.1, 0.15) is 11.7 Å². The van der Waals surface area contributed by atoms with Crippen molar-refractivity contribution in [3.63, 3.8) is 0 Å². The van der Waals surface area contributed by atoms with Gasteiger partial charge in [0, 0.05) is 7.11 Å². The summed E-state index contributed by atoms with van der Waals surface area (Å²) in [6.45, 7) is 0.658. The lowest BCUT2D eigenvalue weighted by Gasteiger charge is -2.05. The van der Waals surface area contributed by atoms with E-state index in [4.69, 9.17) is 14.2 Å². The molecule has 0 bridgehead atoms. The van der Waals surface area contributed by atoms with Crippen molar-refractivity contribution < 1.29 is 14.2 Å². The molecule has 1 saturated heterocycles. The van der Waals surface area contributed by atoms with Gasteiger partial charge in [0.1, 0.15) is 18.0 Å². The Morgan fingerprint density at radius 1 is 0.900 bits per heavy atom. The summed E-state index contributed by atoms with van der Waals surface area (Å²) in [7, 11) is 3.38. The first-order valence-electron chi connectivity index (χ1n) is 6.70. The molecule has 1 heterocycles. The summed E-state index contributed by atoms with van der Waals surface area (Å²) in [4.78, 5) is 0. The number of rotatable bonds is 5. The van der Waals surface area contributed by atoms with Gasteiger partial charge in [0.15, 0.2) is 0 Å². The van der Waals surface area contributed by atoms with Crippen LogP contribution < -0.4 is 4.74 Å². The molecule has 1 aliphatic rings. The van der Waals surface area contributed by atoms with E-state index in [-0.39, 0.29) is 12.2 Å². The Morgan fingerprint density at radius 3 is 2.05 bits per heavy atom. The summed E-state index contributed by atoms with van der Waals surface area (Å²) in [5.74, 6) is 0.874. The topological polar surface area (TPSA) is 31.0 Å². The van der Waals surface area contributed by atoms with Crippen molar-refractivity contribution in [3.8, 4) is 16.9 Å². The zero-order valence-electron chi connectivity index (χ0n) is 11.7. The zero-order valence-corrected chi connectivity index (χ0v) is 11.7. The quantitative estimate of drug-likeness (QED) is 0.780. The molecule has 2 aromatic rings. The number of epoxide rings is 1. The number of benzene rings is 2. The molecule has 0 amide bonds. The lowest BCUT2D eigenvalue weighted by Crippen LogP contribution is -1.98. The standard InChI is InChI=1S/C17H18O3/c1-18-11-16-17(20-16)14-5-3-12(4-6-14)13-7-9-15(19-2)10-8-13/h3-10,16-17H,11H2,1-2H3/t16-,17-/m0/s1. The highest BCUT2D eigenvalue weighted by Crippen LogP contribution is 2.39. The van der Waals surface area contributed by atoms with Gasteiger partial charge in [-0.15, -0.1) is 0 Å². The first kappa shape index (κ1) is 13.2. The number of ether oxygens (including phenoxy) is 3. The molecule has 0 spiro atoms. The van der Waals surface area contributed by atoms with E-state index >= 15 is 0 Å². The van der Waals surface area contributed by atoms with Gasteiger partial charge in [0.2, 0.25) is 0 Å². The van der Waals surface area contributed by atoms with E-state index in [1.165, 1.54) is 16.7 Å². The first-order chi connectivity index (χ1) is 9.81. The van der Waals surface area contributed by atoms with E-state index in [0.717, 1.165) is 5.75 Å². The van der Waals surface area contributed by atoms with E-state index in [0.29, 0.717) is 6.61 Å². The fourth-order valence-corrected chi connectivity index (χ4v) is 2.38. The van der Waals surface area contributed by atoms with Crippen molar-refractivity contribution in [2.75, 3.05) is 20.8 Å². The molecule has 2 aromatic carbocycles. The normalized spacial score (nSPS) is 20.7. The van der Waals surface area contributed by atoms with Crippen LogP contribution in [0.2, 0.25) is 0 Å². The van der Waals surface area contributed by atoms with Crippen molar-refractivity contribution in [2.45, 2.75) is 12.2 Å². The Kier molecular flexibility index (Phi) is 3.72. The molecule has 2 atom stereocenters. The lowest BCUT2D eigenvalue weighted by atomic mass is 10.0. The molecule has 104 valence electrons. The van der Waals surface area contributed by atoms with Gasteiger partial charge in [-0.1, -0.05) is 36.4 Å². The maximum Gasteiger partial charge on any atom is 0.118 e. The van der Waals surface area contributed by atoms with Crippen molar-refractivity contribution in [3.05, 3.63) is 54.1 Å². The molecule has 0 N–H and O–H groups in total. The van der Waals surface area contributed by atoms with Gasteiger partial charge < -0.3 is 14.2 Å². The average Bonchev–Trinajstić information content (AvgIpc) is 3.27. The molecule has 20 heavy (non-hydrogen) atoms. The van der Waals surface area contributed by atoms with Crippen molar-refractivity contribution in [1.82, 2.24) is 0 Å². The van der Waals surface area contributed by atoms with E-state index in [9.17, 15) is 0 Å². The maximum absolute atomic E-state index is 5.58. The summed E-state index contributed by atoms with van der Waals surface area (Å²) in [6.07, 6.45) is 0.409. The molecule has 0 aliphatic carbocycles. The Labute approximate surface area is 119 Å². The van der Waals surface area contributed by atoms with Crippen molar-refractivity contribution in [1.29, 1.82) is 0 Å². The minimum Gasteiger partial charge on any atom is -0.497 e. The number of methoxy groups -OCH3 is 2. The molecule has 3 heteroatoms. The minimum atomic E-state index is 0.194. The van der Waals surface area contributed by atoms with Crippen LogP contribution in [0.5, 0.6) is 5.75 Å². The molecule has 0 unspecified atom stereocenters. The summed E-state index contributed by atoms with van der Waals surface area (Å²) in [6, 6.07) is 16.6. The largest absolute Gasteiger partial charge is 0.497 e. The highest BCUT2D eigenvalue weighted by atomic mass is 16.6. The molecule has 1 aliphatic heterocycles. The van der Waals surface area contributed by atoms with Gasteiger partial charge in [0.05, 0.1) is 13.7 Å². The van der Waals surface area contributed by atoms with E-state index < -0.39 is 0 Å². The molecule has 0 saturated carbocycles. The van der Waals surface area contributed by atoms with Crippen LogP contribution in [0.15, 0.2) is 48.5 Å². The SMILES string of the molecule is COC[C@@H]1O[C@H]1c1ccc(-c2ccc(OC)cc2)cc1. The summed E-state index contributed by atoms with van der Waals surface area (Å²) in [5, 5.41) is 0. The van der Waals surface area contributed by atoms with Gasteiger partial charge in [-0.25, -0.2) is 0 Å². The van der Waals surface area contributed by atoms with Gasteiger partial charge in [-0.05, 0) is 28.8 Å². The third kappa shape index (κ3) is 2.69. The second-order valence-electron chi connectivity index (χ2n) is 4.90. The average molecular weight is 270 g/mol. The van der Waals surface area contributed by atoms with Crippen LogP contribution in [-0.4, -0.2) is 26.9 Å². The van der Waals surface area contributed by atoms with E-state index in [2.05, 4.69) is 36.4 Å². The van der Waals surface area contributed by atoms with Crippen LogP contribution in [-0.2, 0) is 9.47 Å². The van der Waals surface area contributed by atoms with Gasteiger partial charge in [-0.2, -0.15) is 0 Å². The van der Waals surface area contributed by atoms with Crippen LogP contribution in [0.25, 0.3) is 11.1 Å². The molecule has 3 rings (SSSR count). The third-order valence-corrected chi connectivity index (χ3v) is 3.58. The van der Waals surface area contributed by atoms with Crippen molar-refractivity contribution in [2.24, 2.45) is 0 Å². The summed E-state index contributed by atoms with van der Waals surface area (Å²) < 4.78 is 15.8. The maximum atomic E-state index is 5.58. The van der Waals surface area contributed by atoms with E-state index in [1.807, 2.05) is 12.1 Å². The second-order valence-corrected chi connectivity index (χ2v) is 4.90. The summed E-state index contributed by atoms with van der Waals surface area (Å²) >= 11 is 0. The Bertz CT molecular complexity index is 560. The highest BCUT2D eigenvalue weighted by Gasteiger charge is 2.39. The summed E-state index contributed by atoms with van der Waals surface area (Å²) in [5.41, 5.74) is 3.59. The second kappa shape index (κ2) is 5.65. The van der Waals surface area contributed by atoms with Gasteiger partial charge in [-0.3, -0.25) is 0 Å². The van der Waals surface area contributed by atoms with Gasteiger partial charge >= 0.3 is 0 Å². The fourth-order valence-electron chi connectivity index (χ4n) is 2.38. The predicted octanol–water partition coefficient (Wildman–Crippen LogP) is 3.45. The minimum absolute atomic E-state index is 0.194. The molecular formula is C17H18O3. The third-order valence-electron chi connectivity index (χ3n) is 3.58.